The number of hydrogen-bond donors (Lipinski definition) is 2. The van der Waals surface area contributed by atoms with Crippen LogP contribution in [0.4, 0.5) is 0 Å². The lowest BCUT2D eigenvalue weighted by molar-refractivity contribution is 0.285. The fourth-order valence-electron chi connectivity index (χ4n) is 1.45. The van der Waals surface area contributed by atoms with E-state index in [1.54, 1.807) is 0 Å². The summed E-state index contributed by atoms with van der Waals surface area (Å²) in [6, 6.07) is 0. The summed E-state index contributed by atoms with van der Waals surface area (Å²) in [7, 11) is 0. The van der Waals surface area contributed by atoms with Gasteiger partial charge in [0.2, 0.25) is 0 Å². The summed E-state index contributed by atoms with van der Waals surface area (Å²) in [5, 5.41) is 16.9. The molecular formula is C10H18ClN3O. The molecule has 1 aromatic heterocycles. The minimum atomic E-state index is 0.215. The van der Waals surface area contributed by atoms with E-state index < -0.39 is 0 Å². The summed E-state index contributed by atoms with van der Waals surface area (Å²) in [4.78, 5) is 0. The van der Waals surface area contributed by atoms with Gasteiger partial charge in [-0.2, -0.15) is 5.10 Å². The van der Waals surface area contributed by atoms with Crippen LogP contribution in [0.5, 0.6) is 0 Å². The molecule has 0 atom stereocenters. The highest BCUT2D eigenvalue weighted by Gasteiger charge is 2.11. The molecule has 1 heterocycles. The zero-order chi connectivity index (χ0) is 11.3. The second-order valence-electron chi connectivity index (χ2n) is 3.42. The zero-order valence-corrected chi connectivity index (χ0v) is 10.0. The van der Waals surface area contributed by atoms with E-state index in [2.05, 4.69) is 10.4 Å². The molecule has 0 aromatic carbocycles. The number of halogens is 1. The van der Waals surface area contributed by atoms with Gasteiger partial charge in [-0.1, -0.05) is 11.6 Å². The lowest BCUT2D eigenvalue weighted by Gasteiger charge is -2.06. The zero-order valence-electron chi connectivity index (χ0n) is 9.26. The van der Waals surface area contributed by atoms with Gasteiger partial charge in [-0.05, 0) is 26.8 Å². The monoisotopic (exact) mass is 231 g/mol. The molecule has 15 heavy (non-hydrogen) atoms. The first-order valence-corrected chi connectivity index (χ1v) is 5.61. The van der Waals surface area contributed by atoms with Gasteiger partial charge >= 0.3 is 0 Å². The summed E-state index contributed by atoms with van der Waals surface area (Å²) >= 11 is 6.13. The largest absolute Gasteiger partial charge is 0.396 e. The maximum absolute atomic E-state index is 8.64. The highest BCUT2D eigenvalue weighted by molar-refractivity contribution is 6.31. The third-order valence-electron chi connectivity index (χ3n) is 2.26. The molecule has 0 aliphatic rings. The molecule has 0 amide bonds. The first-order valence-electron chi connectivity index (χ1n) is 5.24. The molecule has 0 radical (unpaired) electrons. The minimum Gasteiger partial charge on any atom is -0.396 e. The predicted octanol–water partition coefficient (Wildman–Crippen LogP) is 1.34. The molecule has 0 fully saturated rings. The highest BCUT2D eigenvalue weighted by Crippen LogP contribution is 2.19. The average molecular weight is 232 g/mol. The Balaban J connectivity index is 2.58. The number of aromatic nitrogens is 2. The molecule has 0 bridgehead atoms. The van der Waals surface area contributed by atoms with Gasteiger partial charge in [0.05, 0.1) is 16.4 Å². The van der Waals surface area contributed by atoms with Crippen LogP contribution in [-0.2, 0) is 13.1 Å². The minimum absolute atomic E-state index is 0.215. The number of hydrogen-bond acceptors (Lipinski definition) is 3. The van der Waals surface area contributed by atoms with Crippen LogP contribution in [0.3, 0.4) is 0 Å². The Bertz CT molecular complexity index is 312. The Labute approximate surface area is 95.2 Å². The number of aliphatic hydroxyl groups is 1. The molecule has 2 N–H and O–H groups in total. The Hall–Kier alpha value is -0.580. The maximum Gasteiger partial charge on any atom is 0.0860 e. The fourth-order valence-corrected chi connectivity index (χ4v) is 1.65. The van der Waals surface area contributed by atoms with Crippen molar-refractivity contribution >= 4 is 11.6 Å². The molecule has 5 heteroatoms. The van der Waals surface area contributed by atoms with Crippen LogP contribution in [0.1, 0.15) is 24.7 Å². The van der Waals surface area contributed by atoms with Crippen molar-refractivity contribution in [1.82, 2.24) is 15.1 Å². The van der Waals surface area contributed by atoms with E-state index in [4.69, 9.17) is 16.7 Å². The molecule has 1 rings (SSSR count). The van der Waals surface area contributed by atoms with Crippen molar-refractivity contribution in [3.63, 3.8) is 0 Å². The van der Waals surface area contributed by atoms with E-state index in [0.717, 1.165) is 35.9 Å². The number of aliphatic hydroxyl groups excluding tert-OH is 1. The van der Waals surface area contributed by atoms with Gasteiger partial charge < -0.3 is 10.4 Å². The molecular weight excluding hydrogens is 214 g/mol. The fraction of sp³-hybridized carbons (Fsp3) is 0.700. The van der Waals surface area contributed by atoms with Crippen LogP contribution in [0.15, 0.2) is 0 Å². The number of nitrogens with zero attached hydrogens (tertiary/aromatic N) is 2. The third-order valence-corrected chi connectivity index (χ3v) is 2.75. The van der Waals surface area contributed by atoms with Crippen molar-refractivity contribution in [2.45, 2.75) is 33.4 Å². The lowest BCUT2D eigenvalue weighted by atomic mass is 10.3. The smallest absolute Gasteiger partial charge is 0.0860 e. The Morgan fingerprint density at radius 1 is 1.53 bits per heavy atom. The first-order chi connectivity index (χ1) is 7.20. The van der Waals surface area contributed by atoms with Gasteiger partial charge in [-0.15, -0.1) is 0 Å². The number of aryl methyl sites for hydroxylation is 2. The summed E-state index contributed by atoms with van der Waals surface area (Å²) in [6.07, 6.45) is 0.761. The quantitative estimate of drug-likeness (QED) is 0.727. The van der Waals surface area contributed by atoms with Crippen molar-refractivity contribution in [1.29, 1.82) is 0 Å². The summed E-state index contributed by atoms with van der Waals surface area (Å²) in [6.45, 7) is 6.48. The van der Waals surface area contributed by atoms with Crippen LogP contribution < -0.4 is 5.32 Å². The van der Waals surface area contributed by atoms with Gasteiger partial charge in [0.15, 0.2) is 0 Å². The molecule has 0 aliphatic heterocycles. The Morgan fingerprint density at radius 3 is 2.87 bits per heavy atom. The number of nitrogens with one attached hydrogen (secondary N) is 1. The standard InChI is InChI=1S/C10H18ClN3O/c1-3-14-9(7-12-5-4-6-15)10(11)8(2)13-14/h12,15H,3-7H2,1-2H3. The summed E-state index contributed by atoms with van der Waals surface area (Å²) in [5.74, 6) is 0. The van der Waals surface area contributed by atoms with E-state index in [0.29, 0.717) is 6.54 Å². The van der Waals surface area contributed by atoms with Crippen LogP contribution in [-0.4, -0.2) is 28.0 Å². The van der Waals surface area contributed by atoms with E-state index in [1.807, 2.05) is 18.5 Å². The van der Waals surface area contributed by atoms with Gasteiger partial charge in [0, 0.05) is 19.7 Å². The van der Waals surface area contributed by atoms with Gasteiger partial charge in [0.25, 0.3) is 0 Å². The molecule has 0 saturated heterocycles. The van der Waals surface area contributed by atoms with E-state index in [1.165, 1.54) is 0 Å². The van der Waals surface area contributed by atoms with Gasteiger partial charge in [-0.25, -0.2) is 0 Å². The molecule has 1 aromatic rings. The van der Waals surface area contributed by atoms with E-state index in [9.17, 15) is 0 Å². The SMILES string of the molecule is CCn1nc(C)c(Cl)c1CNCCCO. The van der Waals surface area contributed by atoms with Crippen molar-refractivity contribution < 1.29 is 5.11 Å². The van der Waals surface area contributed by atoms with Gasteiger partial charge in [0.1, 0.15) is 0 Å². The molecule has 86 valence electrons. The summed E-state index contributed by atoms with van der Waals surface area (Å²) < 4.78 is 1.91. The maximum atomic E-state index is 8.64. The average Bonchev–Trinajstić information content (AvgIpc) is 2.51. The highest BCUT2D eigenvalue weighted by atomic mass is 35.5. The molecule has 0 spiro atoms. The van der Waals surface area contributed by atoms with E-state index >= 15 is 0 Å². The molecule has 4 nitrogen and oxygen atoms in total. The summed E-state index contributed by atoms with van der Waals surface area (Å²) in [5.41, 5.74) is 1.90. The first kappa shape index (κ1) is 12.5. The molecule has 0 unspecified atom stereocenters. The van der Waals surface area contributed by atoms with Crippen molar-refractivity contribution in [3.05, 3.63) is 16.4 Å². The Morgan fingerprint density at radius 2 is 2.27 bits per heavy atom. The number of rotatable bonds is 6. The van der Waals surface area contributed by atoms with E-state index in [-0.39, 0.29) is 6.61 Å². The lowest BCUT2D eigenvalue weighted by Crippen LogP contribution is -2.18. The van der Waals surface area contributed by atoms with Gasteiger partial charge in [-0.3, -0.25) is 4.68 Å². The predicted molar refractivity (Wildman–Crippen MR) is 61.1 cm³/mol. The van der Waals surface area contributed by atoms with Crippen molar-refractivity contribution in [3.8, 4) is 0 Å². The third kappa shape index (κ3) is 3.19. The van der Waals surface area contributed by atoms with Crippen LogP contribution in [0.25, 0.3) is 0 Å². The van der Waals surface area contributed by atoms with Crippen LogP contribution in [0, 0.1) is 6.92 Å². The topological polar surface area (TPSA) is 50.1 Å². The van der Waals surface area contributed by atoms with Crippen molar-refractivity contribution in [2.24, 2.45) is 0 Å². The normalized spacial score (nSPS) is 10.9. The molecule has 0 aliphatic carbocycles. The van der Waals surface area contributed by atoms with Crippen molar-refractivity contribution in [2.75, 3.05) is 13.2 Å². The molecule has 0 saturated carbocycles. The van der Waals surface area contributed by atoms with Crippen LogP contribution in [0.2, 0.25) is 5.02 Å². The second-order valence-corrected chi connectivity index (χ2v) is 3.79. The second kappa shape index (κ2) is 6.10. The van der Waals surface area contributed by atoms with Crippen LogP contribution >= 0.6 is 11.6 Å². The Kier molecular flexibility index (Phi) is 5.08.